The third-order valence-electron chi connectivity index (χ3n) is 3.45. The number of carbonyl (C=O) groups is 2. The summed E-state index contributed by atoms with van der Waals surface area (Å²) in [6, 6.07) is 5.23. The van der Waals surface area contributed by atoms with Crippen LogP contribution in [0.25, 0.3) is 0 Å². The molecule has 0 unspecified atom stereocenters. The van der Waals surface area contributed by atoms with Crippen molar-refractivity contribution in [3.05, 3.63) is 23.8 Å². The van der Waals surface area contributed by atoms with Gasteiger partial charge in [0.15, 0.2) is 11.5 Å². The van der Waals surface area contributed by atoms with Crippen molar-refractivity contribution < 1.29 is 24.2 Å². The number of para-hydroxylation sites is 1. The molecule has 1 amide bonds. The molecule has 1 aliphatic carbocycles. The van der Waals surface area contributed by atoms with E-state index in [2.05, 4.69) is 0 Å². The standard InChI is InChI=1S/C15H19NO5/c1-20-12-5-3-4-11(14(12)21-2)15(19)16(10-6-7-10)9-8-13(17)18/h3-5,10H,6-9H2,1-2H3,(H,17,18). The number of methoxy groups -OCH3 is 2. The Labute approximate surface area is 123 Å². The lowest BCUT2D eigenvalue weighted by atomic mass is 10.1. The van der Waals surface area contributed by atoms with E-state index >= 15 is 0 Å². The Hall–Kier alpha value is -2.24. The van der Waals surface area contributed by atoms with Crippen LogP contribution in [0.3, 0.4) is 0 Å². The van der Waals surface area contributed by atoms with Gasteiger partial charge in [-0.3, -0.25) is 9.59 Å². The lowest BCUT2D eigenvalue weighted by molar-refractivity contribution is -0.137. The number of hydrogen-bond donors (Lipinski definition) is 1. The van der Waals surface area contributed by atoms with Gasteiger partial charge < -0.3 is 19.5 Å². The van der Waals surface area contributed by atoms with Crippen LogP contribution in [0.4, 0.5) is 0 Å². The molecule has 114 valence electrons. The van der Waals surface area contributed by atoms with Gasteiger partial charge in [-0.15, -0.1) is 0 Å². The van der Waals surface area contributed by atoms with Gasteiger partial charge in [0.2, 0.25) is 0 Å². The molecule has 1 N–H and O–H groups in total. The summed E-state index contributed by atoms with van der Waals surface area (Å²) in [5.74, 6) is -0.260. The fraction of sp³-hybridized carbons (Fsp3) is 0.467. The van der Waals surface area contributed by atoms with E-state index in [0.29, 0.717) is 17.1 Å². The second-order valence-electron chi connectivity index (χ2n) is 4.91. The molecule has 0 spiro atoms. The molecule has 1 aliphatic rings. The summed E-state index contributed by atoms with van der Waals surface area (Å²) in [7, 11) is 2.99. The van der Waals surface area contributed by atoms with Crippen LogP contribution in [0.5, 0.6) is 11.5 Å². The van der Waals surface area contributed by atoms with Gasteiger partial charge in [0.1, 0.15) is 0 Å². The molecule has 0 atom stereocenters. The number of benzene rings is 1. The molecule has 21 heavy (non-hydrogen) atoms. The Balaban J connectivity index is 2.26. The monoisotopic (exact) mass is 293 g/mol. The molecule has 0 heterocycles. The zero-order valence-corrected chi connectivity index (χ0v) is 12.2. The molecular weight excluding hydrogens is 274 g/mol. The zero-order valence-electron chi connectivity index (χ0n) is 12.2. The van der Waals surface area contributed by atoms with E-state index in [9.17, 15) is 9.59 Å². The molecule has 1 fully saturated rings. The first kappa shape index (κ1) is 15.2. The van der Waals surface area contributed by atoms with Crippen molar-refractivity contribution in [3.8, 4) is 11.5 Å². The molecule has 0 aromatic heterocycles. The van der Waals surface area contributed by atoms with Crippen LogP contribution in [0.1, 0.15) is 29.6 Å². The van der Waals surface area contributed by atoms with Crippen molar-refractivity contribution in [2.24, 2.45) is 0 Å². The van der Waals surface area contributed by atoms with Gasteiger partial charge in [-0.05, 0) is 25.0 Å². The minimum absolute atomic E-state index is 0.0610. The molecule has 2 rings (SSSR count). The summed E-state index contributed by atoms with van der Waals surface area (Å²) in [6.07, 6.45) is 1.77. The maximum absolute atomic E-state index is 12.7. The van der Waals surface area contributed by atoms with Crippen molar-refractivity contribution in [1.82, 2.24) is 4.90 Å². The molecule has 6 nitrogen and oxygen atoms in total. The molecular formula is C15H19NO5. The molecule has 0 saturated heterocycles. The summed E-state index contributed by atoms with van der Waals surface area (Å²) in [5, 5.41) is 8.82. The van der Waals surface area contributed by atoms with Crippen molar-refractivity contribution in [1.29, 1.82) is 0 Å². The SMILES string of the molecule is COc1cccc(C(=O)N(CCC(=O)O)C2CC2)c1OC. The average molecular weight is 293 g/mol. The maximum Gasteiger partial charge on any atom is 0.305 e. The summed E-state index contributed by atoms with van der Waals surface area (Å²) in [4.78, 5) is 25.0. The van der Waals surface area contributed by atoms with E-state index in [-0.39, 0.29) is 24.9 Å². The quantitative estimate of drug-likeness (QED) is 0.829. The van der Waals surface area contributed by atoms with Crippen molar-refractivity contribution in [3.63, 3.8) is 0 Å². The van der Waals surface area contributed by atoms with Gasteiger partial charge in [-0.2, -0.15) is 0 Å². The van der Waals surface area contributed by atoms with Gasteiger partial charge in [0.25, 0.3) is 5.91 Å². The topological polar surface area (TPSA) is 76.1 Å². The fourth-order valence-electron chi connectivity index (χ4n) is 2.26. The van der Waals surface area contributed by atoms with Crippen LogP contribution >= 0.6 is 0 Å². The Bertz CT molecular complexity index is 539. The van der Waals surface area contributed by atoms with E-state index in [0.717, 1.165) is 12.8 Å². The second kappa shape index (κ2) is 6.47. The Morgan fingerprint density at radius 1 is 1.29 bits per heavy atom. The first-order valence-corrected chi connectivity index (χ1v) is 6.82. The van der Waals surface area contributed by atoms with Crippen LogP contribution in [0.15, 0.2) is 18.2 Å². The van der Waals surface area contributed by atoms with Crippen molar-refractivity contribution >= 4 is 11.9 Å². The van der Waals surface area contributed by atoms with Crippen LogP contribution in [0, 0.1) is 0 Å². The number of hydrogen-bond acceptors (Lipinski definition) is 4. The molecule has 1 aromatic rings. The highest BCUT2D eigenvalue weighted by molar-refractivity contribution is 5.98. The molecule has 0 aliphatic heterocycles. The molecule has 1 saturated carbocycles. The minimum Gasteiger partial charge on any atom is -0.493 e. The van der Waals surface area contributed by atoms with Crippen LogP contribution in [-0.4, -0.2) is 48.7 Å². The first-order valence-electron chi connectivity index (χ1n) is 6.82. The largest absolute Gasteiger partial charge is 0.493 e. The van der Waals surface area contributed by atoms with E-state index < -0.39 is 5.97 Å². The number of nitrogens with zero attached hydrogens (tertiary/aromatic N) is 1. The van der Waals surface area contributed by atoms with Gasteiger partial charge >= 0.3 is 5.97 Å². The lowest BCUT2D eigenvalue weighted by Gasteiger charge is -2.23. The van der Waals surface area contributed by atoms with Crippen LogP contribution < -0.4 is 9.47 Å². The minimum atomic E-state index is -0.911. The number of rotatable bonds is 7. The van der Waals surface area contributed by atoms with Crippen LogP contribution in [-0.2, 0) is 4.79 Å². The number of ether oxygens (including phenoxy) is 2. The highest BCUT2D eigenvalue weighted by Gasteiger charge is 2.34. The zero-order chi connectivity index (χ0) is 15.4. The van der Waals surface area contributed by atoms with Crippen molar-refractivity contribution in [2.45, 2.75) is 25.3 Å². The Morgan fingerprint density at radius 3 is 2.52 bits per heavy atom. The Morgan fingerprint density at radius 2 is 2.00 bits per heavy atom. The summed E-state index contributed by atoms with van der Waals surface area (Å²) >= 11 is 0. The number of amides is 1. The Kier molecular flexibility index (Phi) is 4.67. The fourth-order valence-corrected chi connectivity index (χ4v) is 2.26. The first-order chi connectivity index (χ1) is 10.1. The number of aliphatic carboxylic acids is 1. The molecule has 0 radical (unpaired) electrons. The number of carboxylic acid groups (broad SMARTS) is 1. The van der Waals surface area contributed by atoms with E-state index in [1.165, 1.54) is 14.2 Å². The third kappa shape index (κ3) is 3.45. The smallest absolute Gasteiger partial charge is 0.305 e. The van der Waals surface area contributed by atoms with Gasteiger partial charge in [0, 0.05) is 12.6 Å². The maximum atomic E-state index is 12.7. The summed E-state index contributed by atoms with van der Waals surface area (Å²) in [6.45, 7) is 0.208. The predicted molar refractivity (Wildman–Crippen MR) is 75.9 cm³/mol. The van der Waals surface area contributed by atoms with Gasteiger partial charge in [-0.1, -0.05) is 6.07 Å². The van der Waals surface area contributed by atoms with Gasteiger partial charge in [-0.25, -0.2) is 0 Å². The lowest BCUT2D eigenvalue weighted by Crippen LogP contribution is -2.35. The van der Waals surface area contributed by atoms with Crippen LogP contribution in [0.2, 0.25) is 0 Å². The number of carboxylic acids is 1. The predicted octanol–water partition coefficient (Wildman–Crippen LogP) is 1.78. The van der Waals surface area contributed by atoms with Gasteiger partial charge in [0.05, 0.1) is 26.2 Å². The highest BCUT2D eigenvalue weighted by Crippen LogP contribution is 2.34. The number of carbonyl (C=O) groups excluding carboxylic acids is 1. The summed E-state index contributed by atoms with van der Waals surface area (Å²) < 4.78 is 10.5. The summed E-state index contributed by atoms with van der Waals surface area (Å²) in [5.41, 5.74) is 0.397. The molecule has 6 heteroatoms. The molecule has 1 aromatic carbocycles. The van der Waals surface area contributed by atoms with E-state index in [4.69, 9.17) is 14.6 Å². The third-order valence-corrected chi connectivity index (χ3v) is 3.45. The second-order valence-corrected chi connectivity index (χ2v) is 4.91. The van der Waals surface area contributed by atoms with E-state index in [1.54, 1.807) is 23.1 Å². The highest BCUT2D eigenvalue weighted by atomic mass is 16.5. The average Bonchev–Trinajstić information content (AvgIpc) is 3.30. The van der Waals surface area contributed by atoms with E-state index in [1.807, 2.05) is 0 Å². The van der Waals surface area contributed by atoms with Crippen molar-refractivity contribution in [2.75, 3.05) is 20.8 Å². The molecule has 0 bridgehead atoms. The normalized spacial score (nSPS) is 13.6.